The molecule has 0 aliphatic heterocycles. The molecule has 1 aromatic rings. The summed E-state index contributed by atoms with van der Waals surface area (Å²) in [4.78, 5) is 0.325. The van der Waals surface area contributed by atoms with E-state index in [1.165, 1.54) is 0 Å². The van der Waals surface area contributed by atoms with Crippen molar-refractivity contribution >= 4 is 26.0 Å². The Balaban J connectivity index is 2.68. The van der Waals surface area contributed by atoms with Gasteiger partial charge < -0.3 is 0 Å². The van der Waals surface area contributed by atoms with E-state index in [1.54, 1.807) is 12.1 Å². The molecule has 0 saturated carbocycles. The maximum absolute atomic E-state index is 11.9. The Bertz CT molecular complexity index is 440. The molecule has 0 spiro atoms. The Morgan fingerprint density at radius 1 is 1.24 bits per heavy atom. The largest absolute Gasteiger partial charge is 0.240 e. The molecular formula is C12H18BrNO2S. The van der Waals surface area contributed by atoms with Crippen LogP contribution < -0.4 is 4.72 Å². The molecule has 1 rings (SSSR count). The van der Waals surface area contributed by atoms with Gasteiger partial charge in [-0.2, -0.15) is 0 Å². The zero-order chi connectivity index (χ0) is 12.9. The molecule has 3 nitrogen and oxygen atoms in total. The minimum Gasteiger partial charge on any atom is -0.211 e. The summed E-state index contributed by atoms with van der Waals surface area (Å²) >= 11 is 3.33. The van der Waals surface area contributed by atoms with Crippen molar-refractivity contribution in [3.63, 3.8) is 0 Å². The summed E-state index contributed by atoms with van der Waals surface area (Å²) in [6, 6.07) is 6.89. The van der Waals surface area contributed by atoms with Crippen molar-refractivity contribution in [3.05, 3.63) is 29.8 Å². The fraction of sp³-hybridized carbons (Fsp3) is 0.500. The molecule has 0 aromatic heterocycles. The first kappa shape index (κ1) is 14.7. The van der Waals surface area contributed by atoms with Crippen LogP contribution in [-0.2, 0) is 15.4 Å². The highest BCUT2D eigenvalue weighted by molar-refractivity contribution is 9.08. The van der Waals surface area contributed by atoms with Crippen LogP contribution in [0, 0.1) is 5.92 Å². The van der Waals surface area contributed by atoms with E-state index in [4.69, 9.17) is 0 Å². The van der Waals surface area contributed by atoms with E-state index in [0.29, 0.717) is 17.4 Å². The number of halogens is 1. The summed E-state index contributed by atoms with van der Waals surface area (Å²) in [6.07, 6.45) is 0.846. The van der Waals surface area contributed by atoms with E-state index in [0.717, 1.165) is 17.3 Å². The summed E-state index contributed by atoms with van der Waals surface area (Å²) in [5.74, 6) is 0.494. The Morgan fingerprint density at radius 3 is 2.29 bits per heavy atom. The van der Waals surface area contributed by atoms with Gasteiger partial charge in [0, 0.05) is 11.9 Å². The molecule has 17 heavy (non-hydrogen) atoms. The standard InChI is InChI=1S/C12H18BrNO2S/c1-10(2)7-8-14-17(15,16)12-5-3-11(9-13)4-6-12/h3-6,10,14H,7-9H2,1-2H3. The number of sulfonamides is 1. The number of hydrogen-bond donors (Lipinski definition) is 1. The average Bonchev–Trinajstić information content (AvgIpc) is 2.28. The van der Waals surface area contributed by atoms with Crippen LogP contribution in [0.1, 0.15) is 25.8 Å². The second kappa shape index (κ2) is 6.52. The first-order valence-corrected chi connectivity index (χ1v) is 8.20. The summed E-state index contributed by atoms with van der Waals surface area (Å²) in [6.45, 7) is 4.62. The number of benzene rings is 1. The quantitative estimate of drug-likeness (QED) is 0.819. The Labute approximate surface area is 112 Å². The molecule has 0 radical (unpaired) electrons. The molecule has 1 N–H and O–H groups in total. The second-order valence-corrected chi connectivity index (χ2v) is 6.69. The van der Waals surface area contributed by atoms with Gasteiger partial charge in [0.25, 0.3) is 0 Å². The zero-order valence-corrected chi connectivity index (χ0v) is 12.5. The molecule has 0 aliphatic rings. The molecule has 1 aromatic carbocycles. The summed E-state index contributed by atoms with van der Waals surface area (Å²) in [5.41, 5.74) is 1.06. The van der Waals surface area contributed by atoms with Crippen molar-refractivity contribution in [2.45, 2.75) is 30.5 Å². The highest BCUT2D eigenvalue weighted by Crippen LogP contribution is 2.12. The third-order valence-corrected chi connectivity index (χ3v) is 4.53. The van der Waals surface area contributed by atoms with Gasteiger partial charge in [0.05, 0.1) is 4.90 Å². The number of rotatable bonds is 6. The molecule has 0 fully saturated rings. The van der Waals surface area contributed by atoms with Gasteiger partial charge in [-0.3, -0.25) is 0 Å². The number of hydrogen-bond acceptors (Lipinski definition) is 2. The number of nitrogens with one attached hydrogen (secondary N) is 1. The maximum Gasteiger partial charge on any atom is 0.240 e. The van der Waals surface area contributed by atoms with Crippen molar-refractivity contribution < 1.29 is 8.42 Å². The van der Waals surface area contributed by atoms with Crippen LogP contribution in [0.5, 0.6) is 0 Å². The smallest absolute Gasteiger partial charge is 0.211 e. The van der Waals surface area contributed by atoms with E-state index >= 15 is 0 Å². The summed E-state index contributed by atoms with van der Waals surface area (Å²) in [5, 5.41) is 0.730. The minimum absolute atomic E-state index is 0.325. The van der Waals surface area contributed by atoms with Crippen LogP contribution in [0.4, 0.5) is 0 Å². The monoisotopic (exact) mass is 319 g/mol. The molecule has 5 heteroatoms. The zero-order valence-electron chi connectivity index (χ0n) is 10.1. The van der Waals surface area contributed by atoms with Gasteiger partial charge in [-0.15, -0.1) is 0 Å². The lowest BCUT2D eigenvalue weighted by Crippen LogP contribution is -2.25. The van der Waals surface area contributed by atoms with Crippen molar-refractivity contribution in [1.82, 2.24) is 4.72 Å². The Kier molecular flexibility index (Phi) is 5.62. The summed E-state index contributed by atoms with van der Waals surface area (Å²) < 4.78 is 26.4. The van der Waals surface area contributed by atoms with E-state index < -0.39 is 10.0 Å². The predicted molar refractivity (Wildman–Crippen MR) is 73.7 cm³/mol. The molecule has 0 unspecified atom stereocenters. The lowest BCUT2D eigenvalue weighted by atomic mass is 10.1. The molecule has 0 heterocycles. The third kappa shape index (κ3) is 4.77. The van der Waals surface area contributed by atoms with Gasteiger partial charge in [0.15, 0.2) is 0 Å². The second-order valence-electron chi connectivity index (χ2n) is 4.36. The highest BCUT2D eigenvalue weighted by Gasteiger charge is 2.12. The van der Waals surface area contributed by atoms with Crippen molar-refractivity contribution in [2.75, 3.05) is 6.54 Å². The Hall–Kier alpha value is -0.390. The highest BCUT2D eigenvalue weighted by atomic mass is 79.9. The van der Waals surface area contributed by atoms with Gasteiger partial charge in [-0.1, -0.05) is 41.9 Å². The molecule has 0 aliphatic carbocycles. The predicted octanol–water partition coefficient (Wildman–Crippen LogP) is 2.91. The first-order chi connectivity index (χ1) is 7.95. The Morgan fingerprint density at radius 2 is 1.82 bits per heavy atom. The van der Waals surface area contributed by atoms with Gasteiger partial charge in [0.1, 0.15) is 0 Å². The molecule has 0 atom stereocenters. The lowest BCUT2D eigenvalue weighted by molar-refractivity contribution is 0.551. The van der Waals surface area contributed by atoms with Gasteiger partial charge in [-0.05, 0) is 30.0 Å². The molecule has 0 saturated heterocycles. The topological polar surface area (TPSA) is 46.2 Å². The maximum atomic E-state index is 11.9. The van der Waals surface area contributed by atoms with Crippen LogP contribution >= 0.6 is 15.9 Å². The SMILES string of the molecule is CC(C)CCNS(=O)(=O)c1ccc(CBr)cc1. The van der Waals surface area contributed by atoms with Crippen LogP contribution in [0.3, 0.4) is 0 Å². The first-order valence-electron chi connectivity index (χ1n) is 5.60. The fourth-order valence-electron chi connectivity index (χ4n) is 1.32. The van der Waals surface area contributed by atoms with Crippen LogP contribution in [-0.4, -0.2) is 15.0 Å². The molecule has 0 bridgehead atoms. The van der Waals surface area contributed by atoms with Gasteiger partial charge in [-0.25, -0.2) is 13.1 Å². The van der Waals surface area contributed by atoms with Crippen LogP contribution in [0.2, 0.25) is 0 Å². The van der Waals surface area contributed by atoms with Gasteiger partial charge >= 0.3 is 0 Å². The van der Waals surface area contributed by atoms with Crippen molar-refractivity contribution in [1.29, 1.82) is 0 Å². The fourth-order valence-corrected chi connectivity index (χ4v) is 2.74. The van der Waals surface area contributed by atoms with E-state index in [2.05, 4.69) is 34.5 Å². The summed E-state index contributed by atoms with van der Waals surface area (Å²) in [7, 11) is -3.35. The van der Waals surface area contributed by atoms with E-state index in [-0.39, 0.29) is 0 Å². The minimum atomic E-state index is -3.35. The van der Waals surface area contributed by atoms with Crippen molar-refractivity contribution in [3.8, 4) is 0 Å². The van der Waals surface area contributed by atoms with Crippen molar-refractivity contribution in [2.24, 2.45) is 5.92 Å². The lowest BCUT2D eigenvalue weighted by Gasteiger charge is -2.08. The molecular weight excluding hydrogens is 302 g/mol. The average molecular weight is 320 g/mol. The van der Waals surface area contributed by atoms with Crippen LogP contribution in [0.25, 0.3) is 0 Å². The molecule has 0 amide bonds. The molecule has 96 valence electrons. The van der Waals surface area contributed by atoms with Crippen LogP contribution in [0.15, 0.2) is 29.2 Å². The van der Waals surface area contributed by atoms with E-state index in [1.807, 2.05) is 12.1 Å². The van der Waals surface area contributed by atoms with E-state index in [9.17, 15) is 8.42 Å². The number of alkyl halides is 1. The third-order valence-electron chi connectivity index (χ3n) is 2.40. The normalized spacial score (nSPS) is 12.0. The van der Waals surface area contributed by atoms with Gasteiger partial charge in [0.2, 0.25) is 10.0 Å².